The Morgan fingerprint density at radius 3 is 2.44 bits per heavy atom. The lowest BCUT2D eigenvalue weighted by molar-refractivity contribution is 0.164. The van der Waals surface area contributed by atoms with Gasteiger partial charge in [0.25, 0.3) is 0 Å². The van der Waals surface area contributed by atoms with E-state index >= 15 is 0 Å². The second kappa shape index (κ2) is 7.58. The molecule has 146 valence electrons. The molecule has 2 saturated carbocycles. The van der Waals surface area contributed by atoms with Gasteiger partial charge in [0.2, 0.25) is 0 Å². The summed E-state index contributed by atoms with van der Waals surface area (Å²) in [4.78, 5) is 0. The maximum absolute atomic E-state index is 6.62. The van der Waals surface area contributed by atoms with Crippen LogP contribution in [0.2, 0.25) is 18.5 Å². The van der Waals surface area contributed by atoms with Gasteiger partial charge in [0.15, 0.2) is 0 Å². The highest BCUT2D eigenvalue weighted by Crippen LogP contribution is 2.66. The van der Waals surface area contributed by atoms with Crippen LogP contribution in [0.3, 0.4) is 0 Å². The number of benzene rings is 1. The molecule has 0 aromatic heterocycles. The van der Waals surface area contributed by atoms with Gasteiger partial charge in [-0.2, -0.15) is 0 Å². The monoisotopic (exact) mass is 364 g/mol. The Morgan fingerprint density at radius 2 is 1.78 bits per heavy atom. The maximum atomic E-state index is 6.62. The average Bonchev–Trinajstić information content (AvgIpc) is 3.37. The molecule has 1 aromatic carbocycles. The summed E-state index contributed by atoms with van der Waals surface area (Å²) in [7, 11) is 0. The number of fused-ring (bicyclic) bond motifs is 1. The predicted octanol–water partition coefficient (Wildman–Crippen LogP) is 7.06. The molecule has 0 spiro atoms. The van der Waals surface area contributed by atoms with Crippen LogP contribution in [-0.2, 0) is 5.41 Å². The molecular weight excluding hydrogens is 327 g/mol. The highest BCUT2D eigenvalue weighted by molar-refractivity contribution is 6.62. The molecule has 3 fully saturated rings. The van der Waals surface area contributed by atoms with Crippen LogP contribution in [-0.4, -0.2) is 12.3 Å². The number of hydrogen-bond acceptors (Lipinski definition) is 1. The lowest BCUT2D eigenvalue weighted by Gasteiger charge is -2.50. The molecule has 1 nitrogen and oxygen atoms in total. The van der Waals surface area contributed by atoms with Crippen molar-refractivity contribution in [1.29, 1.82) is 0 Å². The quantitative estimate of drug-likeness (QED) is 0.401. The minimum atomic E-state index is 0.161. The number of rotatable bonds is 5. The first-order valence-corrected chi connectivity index (χ1v) is 11.1. The van der Waals surface area contributed by atoms with Gasteiger partial charge < -0.3 is 4.74 Å². The molecule has 0 radical (unpaired) electrons. The van der Waals surface area contributed by atoms with Gasteiger partial charge in [-0.05, 0) is 60.5 Å². The maximum Gasteiger partial charge on any atom is 0.144 e. The van der Waals surface area contributed by atoms with E-state index in [1.807, 2.05) is 0 Å². The molecule has 27 heavy (non-hydrogen) atoms. The number of hydrogen-bond donors (Lipinski definition) is 0. The predicted molar refractivity (Wildman–Crippen MR) is 118 cm³/mol. The number of ether oxygens (including phenoxy) is 1. The van der Waals surface area contributed by atoms with Gasteiger partial charge in [0.05, 0.1) is 0 Å². The SMILES string of the molecule is C#C.CCCC1(Oc2cc([C@@]34CCCC[C@]3(C)B(C)CC4)ccc2C)CC1. The van der Waals surface area contributed by atoms with Crippen molar-refractivity contribution in [2.75, 3.05) is 0 Å². The molecule has 3 aliphatic rings. The van der Waals surface area contributed by atoms with Gasteiger partial charge in [-0.3, -0.25) is 0 Å². The van der Waals surface area contributed by atoms with E-state index in [0.717, 1.165) is 6.71 Å². The van der Waals surface area contributed by atoms with Crippen molar-refractivity contribution in [1.82, 2.24) is 0 Å². The van der Waals surface area contributed by atoms with Crippen molar-refractivity contribution in [2.45, 2.75) is 108 Å². The van der Waals surface area contributed by atoms with E-state index in [4.69, 9.17) is 4.74 Å². The summed E-state index contributed by atoms with van der Waals surface area (Å²) in [6.07, 6.45) is 21.2. The highest BCUT2D eigenvalue weighted by Gasteiger charge is 2.58. The van der Waals surface area contributed by atoms with Crippen LogP contribution in [0.25, 0.3) is 0 Å². The summed E-state index contributed by atoms with van der Waals surface area (Å²) in [5.41, 5.74) is 3.44. The average molecular weight is 364 g/mol. The van der Waals surface area contributed by atoms with E-state index in [2.05, 4.69) is 58.6 Å². The van der Waals surface area contributed by atoms with E-state index in [0.29, 0.717) is 10.7 Å². The Balaban J connectivity index is 0.00000102. The van der Waals surface area contributed by atoms with Crippen molar-refractivity contribution in [3.05, 3.63) is 29.3 Å². The lowest BCUT2D eigenvalue weighted by Crippen LogP contribution is -2.42. The van der Waals surface area contributed by atoms with Crippen molar-refractivity contribution in [3.63, 3.8) is 0 Å². The minimum Gasteiger partial charge on any atom is -0.487 e. The summed E-state index contributed by atoms with van der Waals surface area (Å²) < 4.78 is 6.62. The van der Waals surface area contributed by atoms with E-state index in [-0.39, 0.29) is 5.60 Å². The van der Waals surface area contributed by atoms with Crippen LogP contribution < -0.4 is 4.74 Å². The third-order valence-corrected chi connectivity index (χ3v) is 8.32. The van der Waals surface area contributed by atoms with Crippen LogP contribution in [0.1, 0.15) is 82.8 Å². The van der Waals surface area contributed by atoms with Gasteiger partial charge in [-0.25, -0.2) is 0 Å². The zero-order chi connectivity index (χ0) is 19.7. The Morgan fingerprint density at radius 1 is 1.07 bits per heavy atom. The molecule has 0 amide bonds. The Kier molecular flexibility index (Phi) is 5.72. The van der Waals surface area contributed by atoms with Crippen molar-refractivity contribution >= 4 is 6.71 Å². The molecule has 0 N–H and O–H groups in total. The first-order valence-electron chi connectivity index (χ1n) is 11.1. The molecule has 0 bridgehead atoms. The summed E-state index contributed by atoms with van der Waals surface area (Å²) in [6.45, 7) is 10.4. The molecule has 0 unspecified atom stereocenters. The van der Waals surface area contributed by atoms with Gasteiger partial charge in [-0.15, -0.1) is 12.8 Å². The molecule has 1 saturated heterocycles. The van der Waals surface area contributed by atoms with Gasteiger partial charge in [-0.1, -0.05) is 71.2 Å². The van der Waals surface area contributed by atoms with E-state index in [9.17, 15) is 0 Å². The van der Waals surface area contributed by atoms with E-state index in [1.165, 1.54) is 75.4 Å². The standard InChI is InChI=1S/C23H35BO.C2H2/c1-5-10-22(13-14-22)25-20-17-19(9-8-18(20)2)23-12-7-6-11-21(23,3)24(4)16-15-23;1-2/h8-9,17H,5-7,10-16H2,1-4H3;1-2H/t21-,23-;/m0./s1. The zero-order valence-electron chi connectivity index (χ0n) is 17.9. The van der Waals surface area contributed by atoms with E-state index in [1.54, 1.807) is 5.56 Å². The van der Waals surface area contributed by atoms with Gasteiger partial charge >= 0.3 is 0 Å². The molecule has 1 heterocycles. The van der Waals surface area contributed by atoms with Crippen molar-refractivity contribution in [2.24, 2.45) is 0 Å². The van der Waals surface area contributed by atoms with Crippen LogP contribution in [0.4, 0.5) is 0 Å². The van der Waals surface area contributed by atoms with Crippen LogP contribution in [0, 0.1) is 19.8 Å². The Hall–Kier alpha value is -1.36. The minimum absolute atomic E-state index is 0.161. The zero-order valence-corrected chi connectivity index (χ0v) is 17.9. The van der Waals surface area contributed by atoms with Crippen LogP contribution in [0.15, 0.2) is 18.2 Å². The van der Waals surface area contributed by atoms with Gasteiger partial charge in [0.1, 0.15) is 18.1 Å². The first-order chi connectivity index (χ1) is 12.9. The second-order valence-corrected chi connectivity index (χ2v) is 9.66. The molecule has 1 aromatic rings. The third kappa shape index (κ3) is 3.33. The second-order valence-electron chi connectivity index (χ2n) is 9.66. The number of aryl methyl sites for hydroxylation is 1. The fourth-order valence-electron chi connectivity index (χ4n) is 6.21. The van der Waals surface area contributed by atoms with E-state index < -0.39 is 0 Å². The Bertz CT molecular complexity index is 685. The molecule has 2 heteroatoms. The van der Waals surface area contributed by atoms with Crippen LogP contribution >= 0.6 is 0 Å². The molecular formula is C25H37BO. The fourth-order valence-corrected chi connectivity index (χ4v) is 6.21. The van der Waals surface area contributed by atoms with Crippen LogP contribution in [0.5, 0.6) is 5.75 Å². The summed E-state index contributed by atoms with van der Waals surface area (Å²) in [5.74, 6) is 1.17. The molecule has 4 rings (SSSR count). The highest BCUT2D eigenvalue weighted by atomic mass is 16.5. The normalized spacial score (nSPS) is 30.8. The fraction of sp³-hybridized carbons (Fsp3) is 0.680. The largest absolute Gasteiger partial charge is 0.487 e. The Labute approximate surface area is 167 Å². The molecule has 1 aliphatic heterocycles. The molecule has 2 atom stereocenters. The topological polar surface area (TPSA) is 9.23 Å². The van der Waals surface area contributed by atoms with Crippen molar-refractivity contribution in [3.8, 4) is 18.6 Å². The lowest BCUT2D eigenvalue weighted by atomic mass is 9.31. The summed E-state index contributed by atoms with van der Waals surface area (Å²) >= 11 is 0. The summed E-state index contributed by atoms with van der Waals surface area (Å²) in [6, 6.07) is 7.22. The van der Waals surface area contributed by atoms with Gasteiger partial charge in [0, 0.05) is 0 Å². The van der Waals surface area contributed by atoms with Crippen molar-refractivity contribution < 1.29 is 4.74 Å². The molecule has 2 aliphatic carbocycles. The number of terminal acetylenes is 1. The first kappa shape index (κ1) is 20.4. The third-order valence-electron chi connectivity index (χ3n) is 8.32. The smallest absolute Gasteiger partial charge is 0.144 e. The summed E-state index contributed by atoms with van der Waals surface area (Å²) in [5, 5.41) is 0.471.